The van der Waals surface area contributed by atoms with Crippen LogP contribution in [0.3, 0.4) is 0 Å². The summed E-state index contributed by atoms with van der Waals surface area (Å²) in [6.45, 7) is 0. The van der Waals surface area contributed by atoms with Gasteiger partial charge in [0, 0.05) is 10.0 Å². The van der Waals surface area contributed by atoms with Crippen molar-refractivity contribution in [3.8, 4) is 0 Å². The van der Waals surface area contributed by atoms with Gasteiger partial charge in [-0.1, -0.05) is 17.7 Å². The highest BCUT2D eigenvalue weighted by molar-refractivity contribution is 9.10. The third-order valence-electron chi connectivity index (χ3n) is 1.64. The predicted molar refractivity (Wildman–Crippen MR) is 49.1 cm³/mol. The first-order chi connectivity index (χ1) is 6.75. The molecule has 1 aromatic rings. The van der Waals surface area contributed by atoms with Crippen LogP contribution in [0.2, 0.25) is 5.02 Å². The number of hydrogen-bond donors (Lipinski definition) is 0. The molecule has 0 bridgehead atoms. The van der Waals surface area contributed by atoms with Gasteiger partial charge in [-0.2, -0.15) is 13.2 Å². The van der Waals surface area contributed by atoms with Crippen LogP contribution in [0.15, 0.2) is 16.6 Å². The van der Waals surface area contributed by atoms with Crippen LogP contribution in [0.5, 0.6) is 0 Å². The predicted octanol–water partition coefficient (Wildman–Crippen LogP) is 5.06. The monoisotopic (exact) mass is 308 g/mol. The zero-order valence-corrected chi connectivity index (χ0v) is 9.22. The molecule has 0 amide bonds. The summed E-state index contributed by atoms with van der Waals surface area (Å²) in [5, 5.41) is -0.612. The first-order valence-electron chi connectivity index (χ1n) is 3.58. The highest BCUT2D eigenvalue weighted by Gasteiger charge is 2.37. The van der Waals surface area contributed by atoms with Gasteiger partial charge in [0.2, 0.25) is 0 Å². The highest BCUT2D eigenvalue weighted by Crippen LogP contribution is 2.43. The second kappa shape index (κ2) is 4.25. The van der Waals surface area contributed by atoms with Gasteiger partial charge in [0.05, 0.1) is 10.6 Å². The highest BCUT2D eigenvalue weighted by atomic mass is 79.9. The Morgan fingerprint density at radius 1 is 1.20 bits per heavy atom. The van der Waals surface area contributed by atoms with Crippen molar-refractivity contribution in [1.29, 1.82) is 0 Å². The SMILES string of the molecule is FC(F)c1ccc(Cl)c(C(F)(F)F)c1Br. The molecule has 1 aromatic carbocycles. The van der Waals surface area contributed by atoms with E-state index in [1.807, 2.05) is 0 Å². The molecule has 0 fully saturated rings. The van der Waals surface area contributed by atoms with Crippen molar-refractivity contribution < 1.29 is 22.0 Å². The Morgan fingerprint density at radius 2 is 1.73 bits per heavy atom. The van der Waals surface area contributed by atoms with Gasteiger partial charge in [-0.05, 0) is 22.0 Å². The smallest absolute Gasteiger partial charge is 0.205 e. The van der Waals surface area contributed by atoms with Gasteiger partial charge in [-0.3, -0.25) is 0 Å². The number of rotatable bonds is 1. The van der Waals surface area contributed by atoms with E-state index in [1.54, 1.807) is 0 Å². The minimum Gasteiger partial charge on any atom is -0.205 e. The van der Waals surface area contributed by atoms with Crippen molar-refractivity contribution in [2.75, 3.05) is 0 Å². The van der Waals surface area contributed by atoms with E-state index in [9.17, 15) is 22.0 Å². The first kappa shape index (κ1) is 12.7. The third kappa shape index (κ3) is 2.60. The molecule has 0 N–H and O–H groups in total. The fraction of sp³-hybridized carbons (Fsp3) is 0.250. The molecule has 0 saturated heterocycles. The lowest BCUT2D eigenvalue weighted by Gasteiger charge is -2.13. The zero-order chi connectivity index (χ0) is 11.8. The van der Waals surface area contributed by atoms with Crippen molar-refractivity contribution in [3.05, 3.63) is 32.8 Å². The minimum absolute atomic E-state index is 0.612. The van der Waals surface area contributed by atoms with Gasteiger partial charge in [-0.15, -0.1) is 0 Å². The first-order valence-corrected chi connectivity index (χ1v) is 4.75. The molecule has 7 heteroatoms. The molecular formula is C8H3BrClF5. The maximum atomic E-state index is 12.4. The summed E-state index contributed by atoms with van der Waals surface area (Å²) in [4.78, 5) is 0. The maximum Gasteiger partial charge on any atom is 0.418 e. The summed E-state index contributed by atoms with van der Waals surface area (Å²) in [7, 11) is 0. The molecule has 0 heterocycles. The van der Waals surface area contributed by atoms with Crippen LogP contribution < -0.4 is 0 Å². The lowest BCUT2D eigenvalue weighted by molar-refractivity contribution is -0.138. The van der Waals surface area contributed by atoms with Crippen LogP contribution in [0.1, 0.15) is 17.6 Å². The molecule has 84 valence electrons. The lowest BCUT2D eigenvalue weighted by atomic mass is 10.1. The van der Waals surface area contributed by atoms with Crippen LogP contribution in [0.4, 0.5) is 22.0 Å². The molecule has 0 aliphatic heterocycles. The van der Waals surface area contributed by atoms with Crippen LogP contribution in [-0.2, 0) is 6.18 Å². The molecule has 0 spiro atoms. The molecule has 0 aromatic heterocycles. The van der Waals surface area contributed by atoms with Crippen molar-refractivity contribution in [2.24, 2.45) is 0 Å². The van der Waals surface area contributed by atoms with E-state index < -0.39 is 33.2 Å². The standard InChI is InChI=1S/C8H3BrClF5/c9-6-3(7(11)12)1-2-4(10)5(6)8(13,14)15/h1-2,7H. The van der Waals surface area contributed by atoms with Crippen LogP contribution in [-0.4, -0.2) is 0 Å². The Balaban J connectivity index is 3.44. The molecule has 0 radical (unpaired) electrons. The Hall–Kier alpha value is -0.360. The summed E-state index contributed by atoms with van der Waals surface area (Å²) < 4.78 is 61.0. The van der Waals surface area contributed by atoms with Gasteiger partial charge in [0.1, 0.15) is 0 Å². The van der Waals surface area contributed by atoms with Gasteiger partial charge in [0.25, 0.3) is 6.43 Å². The summed E-state index contributed by atoms with van der Waals surface area (Å²) in [5.41, 5.74) is -2.01. The molecular weight excluding hydrogens is 306 g/mol. The number of benzene rings is 1. The molecule has 0 saturated carbocycles. The van der Waals surface area contributed by atoms with E-state index in [-0.39, 0.29) is 0 Å². The van der Waals surface area contributed by atoms with E-state index >= 15 is 0 Å². The molecule has 15 heavy (non-hydrogen) atoms. The lowest BCUT2D eigenvalue weighted by Crippen LogP contribution is -2.08. The van der Waals surface area contributed by atoms with Crippen molar-refractivity contribution in [2.45, 2.75) is 12.6 Å². The van der Waals surface area contributed by atoms with Crippen molar-refractivity contribution in [3.63, 3.8) is 0 Å². The minimum atomic E-state index is -4.76. The topological polar surface area (TPSA) is 0 Å². The Kier molecular flexibility index (Phi) is 3.60. The van der Waals surface area contributed by atoms with E-state index in [0.29, 0.717) is 0 Å². The van der Waals surface area contributed by atoms with Gasteiger partial charge >= 0.3 is 6.18 Å². The molecule has 0 aliphatic carbocycles. The van der Waals surface area contributed by atoms with Crippen molar-refractivity contribution in [1.82, 2.24) is 0 Å². The van der Waals surface area contributed by atoms with Crippen LogP contribution in [0, 0.1) is 0 Å². The van der Waals surface area contributed by atoms with Crippen LogP contribution >= 0.6 is 27.5 Å². The molecule has 0 nitrogen and oxygen atoms in total. The number of hydrogen-bond acceptors (Lipinski definition) is 0. The largest absolute Gasteiger partial charge is 0.418 e. The average Bonchev–Trinajstić information content (AvgIpc) is 2.00. The fourth-order valence-corrected chi connectivity index (χ4v) is 2.12. The van der Waals surface area contributed by atoms with Crippen LogP contribution in [0.25, 0.3) is 0 Å². The fourth-order valence-electron chi connectivity index (χ4n) is 0.997. The van der Waals surface area contributed by atoms with E-state index in [2.05, 4.69) is 15.9 Å². The summed E-state index contributed by atoms with van der Waals surface area (Å²) in [6, 6.07) is 1.66. The normalized spacial score (nSPS) is 12.3. The number of halogens is 7. The zero-order valence-electron chi connectivity index (χ0n) is 6.88. The van der Waals surface area contributed by atoms with Crippen molar-refractivity contribution >= 4 is 27.5 Å². The summed E-state index contributed by atoms with van der Waals surface area (Å²) in [5.74, 6) is 0. The quantitative estimate of drug-likeness (QED) is 0.636. The summed E-state index contributed by atoms with van der Waals surface area (Å²) >= 11 is 7.78. The second-order valence-electron chi connectivity index (χ2n) is 2.62. The molecule has 1 rings (SSSR count). The van der Waals surface area contributed by atoms with Gasteiger partial charge in [0.15, 0.2) is 0 Å². The maximum absolute atomic E-state index is 12.4. The van der Waals surface area contributed by atoms with E-state index in [4.69, 9.17) is 11.6 Å². The molecule has 0 aliphatic rings. The molecule has 0 unspecified atom stereocenters. The van der Waals surface area contributed by atoms with Gasteiger partial charge in [-0.25, -0.2) is 8.78 Å². The Bertz CT molecular complexity index is 374. The Labute approximate surface area is 95.2 Å². The number of alkyl halides is 5. The van der Waals surface area contributed by atoms with E-state index in [0.717, 1.165) is 12.1 Å². The Morgan fingerprint density at radius 3 is 2.13 bits per heavy atom. The average molecular weight is 309 g/mol. The molecule has 0 atom stereocenters. The second-order valence-corrected chi connectivity index (χ2v) is 3.82. The summed E-state index contributed by atoms with van der Waals surface area (Å²) in [6.07, 6.45) is -7.75. The van der Waals surface area contributed by atoms with Gasteiger partial charge < -0.3 is 0 Å². The van der Waals surface area contributed by atoms with E-state index in [1.165, 1.54) is 0 Å². The third-order valence-corrected chi connectivity index (χ3v) is 2.81.